The highest BCUT2D eigenvalue weighted by Gasteiger charge is 2.60. The molecule has 0 saturated heterocycles. The van der Waals surface area contributed by atoms with Gasteiger partial charge in [0.2, 0.25) is 0 Å². The van der Waals surface area contributed by atoms with E-state index in [-0.39, 0.29) is 18.7 Å². The van der Waals surface area contributed by atoms with Crippen molar-refractivity contribution in [2.45, 2.75) is 30.5 Å². The largest absolute Gasteiger partial charge is 0.456 e. The minimum absolute atomic E-state index is 0.109. The van der Waals surface area contributed by atoms with Crippen LogP contribution in [0.3, 0.4) is 0 Å². The third-order valence-electron chi connectivity index (χ3n) is 5.47. The molecule has 1 amide bonds. The van der Waals surface area contributed by atoms with Gasteiger partial charge in [-0.15, -0.1) is 0 Å². The Bertz CT molecular complexity index is 1040. The number of nitrogens with zero attached hydrogens (tertiary/aromatic N) is 2. The smallest absolute Gasteiger partial charge is 0.422 e. The van der Waals surface area contributed by atoms with Gasteiger partial charge in [0.1, 0.15) is 0 Å². The average Bonchev–Trinajstić information content (AvgIpc) is 3.09. The van der Waals surface area contributed by atoms with Gasteiger partial charge in [-0.25, -0.2) is 0 Å². The number of esters is 1. The van der Waals surface area contributed by atoms with Gasteiger partial charge in [-0.05, 0) is 23.3 Å². The lowest BCUT2D eigenvalue weighted by Crippen LogP contribution is -2.44. The quantitative estimate of drug-likeness (QED) is 0.726. The maximum Gasteiger partial charge on any atom is 0.422 e. The summed E-state index contributed by atoms with van der Waals surface area (Å²) in [6.45, 7) is -1.68. The van der Waals surface area contributed by atoms with Crippen LogP contribution in [0.15, 0.2) is 48.5 Å². The summed E-state index contributed by atoms with van der Waals surface area (Å²) in [7, 11) is 0. The predicted octanol–water partition coefficient (Wildman–Crippen LogP) is 4.05. The second-order valence-electron chi connectivity index (χ2n) is 7.04. The van der Waals surface area contributed by atoms with Crippen molar-refractivity contribution in [1.82, 2.24) is 0 Å². The number of hydrogen-bond acceptors (Lipinski definition) is 4. The van der Waals surface area contributed by atoms with Crippen molar-refractivity contribution >= 4 is 17.6 Å². The molecule has 2 heterocycles. The van der Waals surface area contributed by atoms with Crippen LogP contribution >= 0.6 is 0 Å². The lowest BCUT2D eigenvalue weighted by Gasteiger charge is -2.36. The van der Waals surface area contributed by atoms with Gasteiger partial charge in [-0.2, -0.15) is 18.4 Å². The fourth-order valence-electron chi connectivity index (χ4n) is 4.46. The highest BCUT2D eigenvalue weighted by Crippen LogP contribution is 2.60. The topological polar surface area (TPSA) is 70.4 Å². The number of ether oxygens (including phenoxy) is 1. The Labute approximate surface area is 164 Å². The van der Waals surface area contributed by atoms with Gasteiger partial charge in [0.25, 0.3) is 5.91 Å². The highest BCUT2D eigenvalue weighted by atomic mass is 19.4. The number of halogens is 3. The van der Waals surface area contributed by atoms with Gasteiger partial charge in [0, 0.05) is 17.2 Å². The first-order chi connectivity index (χ1) is 13.8. The third-order valence-corrected chi connectivity index (χ3v) is 5.47. The number of carbonyl (C=O) groups excluding carboxylic acids is 2. The number of amides is 1. The van der Waals surface area contributed by atoms with Crippen LogP contribution in [0, 0.1) is 11.3 Å². The van der Waals surface area contributed by atoms with Gasteiger partial charge >= 0.3 is 12.1 Å². The molecule has 0 spiro atoms. The van der Waals surface area contributed by atoms with Crippen LogP contribution in [-0.2, 0) is 15.1 Å². The van der Waals surface area contributed by atoms with Crippen molar-refractivity contribution in [3.8, 4) is 6.07 Å². The van der Waals surface area contributed by atoms with E-state index in [1.165, 1.54) is 4.90 Å². The summed E-state index contributed by atoms with van der Waals surface area (Å²) >= 11 is 0. The molecule has 148 valence electrons. The summed E-state index contributed by atoms with van der Waals surface area (Å²) in [5, 5.41) is 9.57. The van der Waals surface area contributed by atoms with Crippen molar-refractivity contribution in [3.63, 3.8) is 0 Å². The third kappa shape index (κ3) is 2.85. The molecule has 2 atom stereocenters. The van der Waals surface area contributed by atoms with Crippen LogP contribution < -0.4 is 4.90 Å². The zero-order valence-electron chi connectivity index (χ0n) is 15.1. The molecule has 5 nitrogen and oxygen atoms in total. The number of para-hydroxylation sites is 1. The number of fused-ring (bicyclic) bond motifs is 5. The summed E-state index contributed by atoms with van der Waals surface area (Å²) in [4.78, 5) is 26.9. The lowest BCUT2D eigenvalue weighted by molar-refractivity contribution is -0.186. The first kappa shape index (κ1) is 19.0. The normalized spacial score (nSPS) is 21.9. The van der Waals surface area contributed by atoms with Crippen molar-refractivity contribution in [2.75, 3.05) is 11.5 Å². The van der Waals surface area contributed by atoms with E-state index in [9.17, 15) is 28.0 Å². The zero-order chi connectivity index (χ0) is 20.8. The molecular weight excluding hydrogens is 385 g/mol. The van der Waals surface area contributed by atoms with Crippen LogP contribution in [0.25, 0.3) is 0 Å². The van der Waals surface area contributed by atoms with Crippen molar-refractivity contribution < 1.29 is 27.5 Å². The van der Waals surface area contributed by atoms with Crippen LogP contribution in [0.1, 0.15) is 40.2 Å². The molecule has 0 aromatic heterocycles. The summed E-state index contributed by atoms with van der Waals surface area (Å²) in [5.74, 6) is -2.03. The van der Waals surface area contributed by atoms with E-state index in [0.717, 1.165) is 0 Å². The lowest BCUT2D eigenvalue weighted by atomic mass is 9.74. The molecule has 8 heteroatoms. The molecule has 2 aromatic carbocycles. The van der Waals surface area contributed by atoms with E-state index in [2.05, 4.69) is 10.8 Å². The van der Waals surface area contributed by atoms with Gasteiger partial charge in [-0.3, -0.25) is 14.5 Å². The number of anilines is 1. The highest BCUT2D eigenvalue weighted by molar-refractivity contribution is 6.14. The Kier molecular flexibility index (Phi) is 4.34. The van der Waals surface area contributed by atoms with Crippen molar-refractivity contribution in [1.29, 1.82) is 5.26 Å². The summed E-state index contributed by atoms with van der Waals surface area (Å²) in [5.41, 5.74) is 1.04. The molecule has 0 bridgehead atoms. The molecular formula is C21H15F3N2O3. The van der Waals surface area contributed by atoms with Crippen molar-refractivity contribution in [2.24, 2.45) is 0 Å². The number of alkyl halides is 3. The predicted molar refractivity (Wildman–Crippen MR) is 96.0 cm³/mol. The Morgan fingerprint density at radius 3 is 2.59 bits per heavy atom. The first-order valence-corrected chi connectivity index (χ1v) is 8.92. The first-order valence-electron chi connectivity index (χ1n) is 8.92. The SMILES string of the molecule is N#CC[C@@]12c3ccccc3C(=O)N1c1ccccc1[C@H]2CC(=O)OCC(F)(F)F. The van der Waals surface area contributed by atoms with Gasteiger partial charge < -0.3 is 4.74 Å². The number of hydrogen-bond donors (Lipinski definition) is 0. The molecule has 4 rings (SSSR count). The van der Waals surface area contributed by atoms with Crippen LogP contribution in [-0.4, -0.2) is 24.7 Å². The minimum atomic E-state index is -4.63. The molecule has 0 saturated carbocycles. The maximum absolute atomic E-state index is 13.2. The standard InChI is InChI=1S/C21H15F3N2O3/c22-21(23,24)12-29-18(27)11-16-13-5-2-4-8-17(13)26-19(28)14-6-1-3-7-15(14)20(16,26)9-10-25/h1-8,16H,9,11-12H2/t16-,20+/m1/s1. The van der Waals surface area contributed by atoms with E-state index in [0.29, 0.717) is 22.4 Å². The average molecular weight is 400 g/mol. The Morgan fingerprint density at radius 2 is 1.86 bits per heavy atom. The molecule has 29 heavy (non-hydrogen) atoms. The van der Waals surface area contributed by atoms with E-state index in [1.54, 1.807) is 48.5 Å². The molecule has 0 fully saturated rings. The molecule has 0 unspecified atom stereocenters. The summed E-state index contributed by atoms with van der Waals surface area (Å²) in [6, 6.07) is 15.8. The molecule has 2 aliphatic rings. The molecule has 0 radical (unpaired) electrons. The number of carbonyl (C=O) groups is 2. The fourth-order valence-corrected chi connectivity index (χ4v) is 4.46. The molecule has 0 aliphatic carbocycles. The summed E-state index contributed by atoms with van der Waals surface area (Å²) in [6.07, 6.45) is -5.12. The van der Waals surface area contributed by atoms with E-state index in [1.807, 2.05) is 0 Å². The van der Waals surface area contributed by atoms with E-state index in [4.69, 9.17) is 0 Å². The Morgan fingerprint density at radius 1 is 1.17 bits per heavy atom. The Hall–Kier alpha value is -3.34. The monoisotopic (exact) mass is 400 g/mol. The van der Waals surface area contributed by atoms with E-state index < -0.39 is 30.2 Å². The molecule has 2 aliphatic heterocycles. The second-order valence-corrected chi connectivity index (χ2v) is 7.04. The number of rotatable bonds is 4. The van der Waals surface area contributed by atoms with Gasteiger partial charge in [-0.1, -0.05) is 36.4 Å². The molecule has 0 N–H and O–H groups in total. The van der Waals surface area contributed by atoms with Crippen LogP contribution in [0.4, 0.5) is 18.9 Å². The van der Waals surface area contributed by atoms with Crippen molar-refractivity contribution in [3.05, 3.63) is 65.2 Å². The minimum Gasteiger partial charge on any atom is -0.456 e. The molecule has 2 aromatic rings. The fraction of sp³-hybridized carbons (Fsp3) is 0.286. The van der Waals surface area contributed by atoms with Gasteiger partial charge in [0.15, 0.2) is 6.61 Å². The van der Waals surface area contributed by atoms with E-state index >= 15 is 0 Å². The van der Waals surface area contributed by atoms with Crippen LogP contribution in [0.2, 0.25) is 0 Å². The second kappa shape index (κ2) is 6.62. The zero-order valence-corrected chi connectivity index (χ0v) is 15.1. The van der Waals surface area contributed by atoms with Crippen LogP contribution in [0.5, 0.6) is 0 Å². The van der Waals surface area contributed by atoms with Gasteiger partial charge in [0.05, 0.1) is 24.4 Å². The maximum atomic E-state index is 13.2. The Balaban J connectivity index is 1.81. The summed E-state index contributed by atoms with van der Waals surface area (Å²) < 4.78 is 41.8. The number of benzene rings is 2. The number of nitriles is 1.